The van der Waals surface area contributed by atoms with Crippen molar-refractivity contribution in [1.29, 1.82) is 0 Å². The summed E-state index contributed by atoms with van der Waals surface area (Å²) in [6.07, 6.45) is -0.451. The van der Waals surface area contributed by atoms with Gasteiger partial charge in [0.1, 0.15) is 0 Å². The van der Waals surface area contributed by atoms with E-state index >= 15 is 0 Å². The van der Waals surface area contributed by atoms with E-state index in [2.05, 4.69) is 39.2 Å². The second-order valence-corrected chi connectivity index (χ2v) is 12.6. The minimum absolute atomic E-state index is 0.0133. The van der Waals surface area contributed by atoms with Gasteiger partial charge in [-0.2, -0.15) is 0 Å². The third-order valence-corrected chi connectivity index (χ3v) is 9.25. The predicted octanol–water partition coefficient (Wildman–Crippen LogP) is 2.71. The van der Waals surface area contributed by atoms with Crippen LogP contribution in [0.2, 0.25) is 18.1 Å². The molecule has 22 heavy (non-hydrogen) atoms. The number of carbonyl (C=O) groups excluding carboxylic acids is 2. The molecule has 1 aliphatic heterocycles. The summed E-state index contributed by atoms with van der Waals surface area (Å²) in [5.41, 5.74) is 0. The highest BCUT2D eigenvalue weighted by atomic mass is 28.4. The minimum atomic E-state index is -2.10. The van der Waals surface area contributed by atoms with Crippen LogP contribution >= 0.6 is 0 Å². The third kappa shape index (κ3) is 3.90. The van der Waals surface area contributed by atoms with Gasteiger partial charge in [0.05, 0.1) is 18.6 Å². The summed E-state index contributed by atoms with van der Waals surface area (Å²) >= 11 is 0. The van der Waals surface area contributed by atoms with Crippen molar-refractivity contribution in [3.05, 3.63) is 0 Å². The SMILES string of the molecule is CCOC(=O)[C@H]1NC(=O)[C@H](C(C)C)[C@@H]1O[Si](C)(C)C(C)(C)C. The smallest absolute Gasteiger partial charge is 0.331 e. The molecule has 6 heteroatoms. The zero-order chi connectivity index (χ0) is 17.3. The van der Waals surface area contributed by atoms with Gasteiger partial charge in [-0.15, -0.1) is 0 Å². The van der Waals surface area contributed by atoms with Gasteiger partial charge in [-0.25, -0.2) is 4.79 Å². The Morgan fingerprint density at radius 2 is 1.86 bits per heavy atom. The Morgan fingerprint density at radius 1 is 1.32 bits per heavy atom. The lowest BCUT2D eigenvalue weighted by molar-refractivity contribution is -0.147. The molecule has 1 amide bonds. The van der Waals surface area contributed by atoms with E-state index in [1.165, 1.54) is 0 Å². The van der Waals surface area contributed by atoms with Gasteiger partial charge in [0.25, 0.3) is 0 Å². The monoisotopic (exact) mass is 329 g/mol. The number of ether oxygens (including phenoxy) is 1. The quantitative estimate of drug-likeness (QED) is 0.622. The van der Waals surface area contributed by atoms with Gasteiger partial charge in [0.2, 0.25) is 5.91 Å². The first-order valence-electron chi connectivity index (χ1n) is 8.07. The lowest BCUT2D eigenvalue weighted by Gasteiger charge is -2.40. The van der Waals surface area contributed by atoms with Crippen LogP contribution in [-0.2, 0) is 18.8 Å². The van der Waals surface area contributed by atoms with E-state index < -0.39 is 26.4 Å². The lowest BCUT2D eigenvalue weighted by atomic mass is 9.90. The number of rotatable bonds is 5. The molecule has 5 nitrogen and oxygen atoms in total. The van der Waals surface area contributed by atoms with Crippen LogP contribution in [0.4, 0.5) is 0 Å². The summed E-state index contributed by atoms with van der Waals surface area (Å²) in [7, 11) is -2.10. The topological polar surface area (TPSA) is 64.6 Å². The third-order valence-electron chi connectivity index (χ3n) is 4.78. The molecule has 0 aliphatic carbocycles. The predicted molar refractivity (Wildman–Crippen MR) is 89.0 cm³/mol. The number of hydrogen-bond donors (Lipinski definition) is 1. The molecule has 0 unspecified atom stereocenters. The first-order valence-corrected chi connectivity index (χ1v) is 11.0. The molecule has 3 atom stereocenters. The number of amides is 1. The second kappa shape index (κ2) is 6.70. The Kier molecular flexibility index (Phi) is 5.84. The van der Waals surface area contributed by atoms with E-state index in [0.717, 1.165) is 0 Å². The average Bonchev–Trinajstić information content (AvgIpc) is 2.64. The summed E-state index contributed by atoms with van der Waals surface area (Å²) in [4.78, 5) is 24.5. The van der Waals surface area contributed by atoms with Crippen molar-refractivity contribution in [1.82, 2.24) is 5.32 Å². The van der Waals surface area contributed by atoms with E-state index in [4.69, 9.17) is 9.16 Å². The number of hydrogen-bond acceptors (Lipinski definition) is 4. The van der Waals surface area contributed by atoms with Crippen molar-refractivity contribution in [2.45, 2.75) is 71.8 Å². The average molecular weight is 330 g/mol. The molecular formula is C16H31NO4Si. The van der Waals surface area contributed by atoms with E-state index in [-0.39, 0.29) is 22.8 Å². The number of nitrogens with one attached hydrogen (secondary N) is 1. The molecule has 1 heterocycles. The first-order chi connectivity index (χ1) is 9.92. The molecule has 1 aliphatic rings. The molecule has 1 saturated heterocycles. The molecule has 0 aromatic heterocycles. The van der Waals surface area contributed by atoms with Gasteiger partial charge in [0.15, 0.2) is 14.4 Å². The highest BCUT2D eigenvalue weighted by molar-refractivity contribution is 6.74. The summed E-state index contributed by atoms with van der Waals surface area (Å²) in [5, 5.41) is 2.79. The Hall–Kier alpha value is -0.883. The van der Waals surface area contributed by atoms with Crippen LogP contribution in [0.25, 0.3) is 0 Å². The molecular weight excluding hydrogens is 298 g/mol. The molecule has 1 rings (SSSR count). The fourth-order valence-electron chi connectivity index (χ4n) is 2.45. The number of carbonyl (C=O) groups is 2. The van der Waals surface area contributed by atoms with Crippen LogP contribution in [0, 0.1) is 11.8 Å². The van der Waals surface area contributed by atoms with E-state index in [1.54, 1.807) is 6.92 Å². The summed E-state index contributed by atoms with van der Waals surface area (Å²) in [6.45, 7) is 16.7. The van der Waals surface area contributed by atoms with Crippen LogP contribution in [0.5, 0.6) is 0 Å². The maximum atomic E-state index is 12.3. The summed E-state index contributed by atoms with van der Waals surface area (Å²) in [6, 6.07) is -0.700. The molecule has 0 bridgehead atoms. The highest BCUT2D eigenvalue weighted by Gasteiger charge is 2.52. The van der Waals surface area contributed by atoms with Gasteiger partial charge in [-0.05, 0) is 31.0 Å². The van der Waals surface area contributed by atoms with Crippen LogP contribution in [0.3, 0.4) is 0 Å². The Bertz CT molecular complexity index is 428. The van der Waals surface area contributed by atoms with Crippen molar-refractivity contribution >= 4 is 20.2 Å². The van der Waals surface area contributed by atoms with Gasteiger partial charge in [-0.1, -0.05) is 34.6 Å². The second-order valence-electron chi connectivity index (χ2n) is 7.85. The van der Waals surface area contributed by atoms with Crippen molar-refractivity contribution in [2.24, 2.45) is 11.8 Å². The highest BCUT2D eigenvalue weighted by Crippen LogP contribution is 2.40. The molecule has 0 aromatic rings. The van der Waals surface area contributed by atoms with Gasteiger partial charge in [0, 0.05) is 0 Å². The zero-order valence-electron chi connectivity index (χ0n) is 15.1. The van der Waals surface area contributed by atoms with E-state index in [1.807, 2.05) is 13.8 Å². The molecule has 1 N–H and O–H groups in total. The fraction of sp³-hybridized carbons (Fsp3) is 0.875. The standard InChI is InChI=1S/C16H31NO4Si/c1-9-20-15(19)12-13(11(10(2)3)14(18)17-12)21-22(7,8)16(4,5)6/h10-13H,9H2,1-8H3,(H,17,18)/t11-,12+,13+/m1/s1. The van der Waals surface area contributed by atoms with Crippen molar-refractivity contribution in [2.75, 3.05) is 6.61 Å². The van der Waals surface area contributed by atoms with Crippen LogP contribution in [-0.4, -0.2) is 38.9 Å². The maximum Gasteiger partial charge on any atom is 0.331 e. The largest absolute Gasteiger partial charge is 0.464 e. The summed E-state index contributed by atoms with van der Waals surface area (Å²) in [5.74, 6) is -0.725. The Labute approximate surface area is 135 Å². The zero-order valence-corrected chi connectivity index (χ0v) is 16.1. The molecule has 0 saturated carbocycles. The Morgan fingerprint density at radius 3 is 2.27 bits per heavy atom. The normalized spacial score (nSPS) is 26.2. The number of esters is 1. The van der Waals surface area contributed by atoms with Gasteiger partial charge in [-0.3, -0.25) is 4.79 Å². The summed E-state index contributed by atoms with van der Waals surface area (Å²) < 4.78 is 11.6. The van der Waals surface area contributed by atoms with E-state index in [0.29, 0.717) is 6.61 Å². The molecule has 128 valence electrons. The maximum absolute atomic E-state index is 12.3. The Balaban J connectivity index is 3.10. The van der Waals surface area contributed by atoms with Crippen molar-refractivity contribution < 1.29 is 18.8 Å². The fourth-order valence-corrected chi connectivity index (χ4v) is 3.77. The first kappa shape index (κ1) is 19.2. The van der Waals surface area contributed by atoms with Crippen molar-refractivity contribution in [3.63, 3.8) is 0 Å². The van der Waals surface area contributed by atoms with Crippen LogP contribution in [0.15, 0.2) is 0 Å². The minimum Gasteiger partial charge on any atom is -0.464 e. The van der Waals surface area contributed by atoms with Crippen LogP contribution < -0.4 is 5.32 Å². The van der Waals surface area contributed by atoms with Gasteiger partial charge >= 0.3 is 5.97 Å². The molecule has 0 spiro atoms. The van der Waals surface area contributed by atoms with Crippen molar-refractivity contribution in [3.8, 4) is 0 Å². The molecule has 1 fully saturated rings. The van der Waals surface area contributed by atoms with Crippen LogP contribution in [0.1, 0.15) is 41.5 Å². The molecule has 0 aromatic carbocycles. The van der Waals surface area contributed by atoms with Gasteiger partial charge < -0.3 is 14.5 Å². The lowest BCUT2D eigenvalue weighted by Crippen LogP contribution is -2.51. The van der Waals surface area contributed by atoms with E-state index in [9.17, 15) is 9.59 Å². The molecule has 0 radical (unpaired) electrons.